The van der Waals surface area contributed by atoms with Crippen LogP contribution in [0.5, 0.6) is 0 Å². The Morgan fingerprint density at radius 2 is 2.04 bits per heavy atom. The van der Waals surface area contributed by atoms with Gasteiger partial charge in [-0.1, -0.05) is 11.2 Å². The molecule has 4 fully saturated rings. The first-order chi connectivity index (χ1) is 12.3. The molecule has 1 aromatic heterocycles. The molecule has 7 rings (SSSR count). The van der Waals surface area contributed by atoms with Gasteiger partial charge in [0.25, 0.3) is 0 Å². The summed E-state index contributed by atoms with van der Waals surface area (Å²) in [6.45, 7) is 3.51. The molecule has 5 heterocycles. The Morgan fingerprint density at radius 1 is 1.16 bits per heavy atom. The van der Waals surface area contributed by atoms with Gasteiger partial charge in [0.15, 0.2) is 11.4 Å². The second kappa shape index (κ2) is 5.21. The van der Waals surface area contributed by atoms with E-state index in [0.717, 1.165) is 30.4 Å². The van der Waals surface area contributed by atoms with Gasteiger partial charge in [-0.3, -0.25) is 4.90 Å². The second-order valence-electron chi connectivity index (χ2n) is 8.22. The van der Waals surface area contributed by atoms with Crippen molar-refractivity contribution in [1.29, 1.82) is 0 Å². The number of fused-ring (bicyclic) bond motifs is 3. The lowest BCUT2D eigenvalue weighted by Crippen LogP contribution is -2.59. The number of benzene rings is 1. The van der Waals surface area contributed by atoms with Gasteiger partial charge in [0.05, 0.1) is 6.42 Å². The number of piperidine rings is 3. The van der Waals surface area contributed by atoms with Crippen LogP contribution in [0.15, 0.2) is 29.4 Å². The van der Waals surface area contributed by atoms with E-state index in [0.29, 0.717) is 5.92 Å². The third-order valence-corrected chi connectivity index (χ3v) is 7.69. The summed E-state index contributed by atoms with van der Waals surface area (Å²) in [7, 11) is 0. The van der Waals surface area contributed by atoms with E-state index in [1.54, 1.807) is 4.88 Å². The summed E-state index contributed by atoms with van der Waals surface area (Å²) in [5.74, 6) is 2.49. The highest BCUT2D eigenvalue weighted by molar-refractivity contribution is 7.19. The van der Waals surface area contributed by atoms with Crippen LogP contribution in [0, 0.1) is 5.92 Å². The minimum Gasteiger partial charge on any atom is -0.386 e. The van der Waals surface area contributed by atoms with Crippen LogP contribution in [0.1, 0.15) is 42.9 Å². The van der Waals surface area contributed by atoms with Crippen molar-refractivity contribution in [3.8, 4) is 0 Å². The van der Waals surface area contributed by atoms with Crippen LogP contribution in [0.25, 0.3) is 10.1 Å². The molecule has 0 radical (unpaired) electrons. The Balaban J connectivity index is 1.21. The van der Waals surface area contributed by atoms with E-state index in [1.807, 2.05) is 11.3 Å². The molecular weight excluding hydrogens is 330 g/mol. The van der Waals surface area contributed by atoms with Crippen LogP contribution in [-0.2, 0) is 4.84 Å². The van der Waals surface area contributed by atoms with Crippen molar-refractivity contribution in [1.82, 2.24) is 4.90 Å². The standard InChI is InChI=1S/C20H23N3OS/c1-2-13(1)17-9-14-3-4-16(10-18(14)25-17)21-19-11-20(24-22-19)12-23-7-5-15(20)6-8-23/h3-4,9-10,13,15H,1-2,5-8,11-12H2,(H,21,22). The van der Waals surface area contributed by atoms with E-state index in [-0.39, 0.29) is 5.60 Å². The fourth-order valence-electron chi connectivity index (χ4n) is 4.85. The average Bonchev–Trinajstić information content (AvgIpc) is 3.30. The maximum Gasteiger partial charge on any atom is 0.160 e. The maximum absolute atomic E-state index is 6.02. The molecule has 1 spiro atoms. The minimum absolute atomic E-state index is 0.0645. The molecule has 3 saturated heterocycles. The molecule has 1 aliphatic carbocycles. The Bertz CT molecular complexity index is 863. The predicted octanol–water partition coefficient (Wildman–Crippen LogP) is 4.39. The van der Waals surface area contributed by atoms with Crippen molar-refractivity contribution in [2.45, 2.75) is 43.6 Å². The molecule has 2 bridgehead atoms. The molecule has 25 heavy (non-hydrogen) atoms. The van der Waals surface area contributed by atoms with E-state index in [2.05, 4.69) is 39.6 Å². The lowest BCUT2D eigenvalue weighted by atomic mass is 9.73. The first-order valence-corrected chi connectivity index (χ1v) is 10.4. The third kappa shape index (κ3) is 2.40. The monoisotopic (exact) mass is 353 g/mol. The highest BCUT2D eigenvalue weighted by Crippen LogP contribution is 2.46. The maximum atomic E-state index is 6.02. The fraction of sp³-hybridized carbons (Fsp3) is 0.550. The Morgan fingerprint density at radius 3 is 2.80 bits per heavy atom. The topological polar surface area (TPSA) is 36.9 Å². The summed E-state index contributed by atoms with van der Waals surface area (Å²) in [5, 5.41) is 9.33. The van der Waals surface area contributed by atoms with Crippen molar-refractivity contribution in [2.24, 2.45) is 11.1 Å². The Kier molecular flexibility index (Phi) is 3.03. The number of nitrogens with one attached hydrogen (secondary N) is 1. The molecule has 1 aromatic carbocycles. The van der Waals surface area contributed by atoms with Crippen molar-refractivity contribution in [3.63, 3.8) is 0 Å². The minimum atomic E-state index is -0.0645. The van der Waals surface area contributed by atoms with Gasteiger partial charge >= 0.3 is 0 Å². The van der Waals surface area contributed by atoms with Gasteiger partial charge in [0.1, 0.15) is 0 Å². The number of anilines is 1. The zero-order chi connectivity index (χ0) is 16.4. The summed E-state index contributed by atoms with van der Waals surface area (Å²) in [5.41, 5.74) is 1.07. The van der Waals surface area contributed by atoms with Crippen molar-refractivity contribution in [2.75, 3.05) is 25.0 Å². The van der Waals surface area contributed by atoms with Crippen LogP contribution in [-0.4, -0.2) is 36.0 Å². The molecule has 5 aliphatic rings. The molecule has 0 amide bonds. The van der Waals surface area contributed by atoms with Crippen LogP contribution >= 0.6 is 11.3 Å². The first-order valence-electron chi connectivity index (χ1n) is 9.55. The van der Waals surface area contributed by atoms with Crippen LogP contribution in [0.2, 0.25) is 0 Å². The lowest BCUT2D eigenvalue weighted by Gasteiger charge is -2.49. The smallest absolute Gasteiger partial charge is 0.160 e. The van der Waals surface area contributed by atoms with E-state index < -0.39 is 0 Å². The predicted molar refractivity (Wildman–Crippen MR) is 102 cm³/mol. The molecule has 2 aromatic rings. The summed E-state index contributed by atoms with van der Waals surface area (Å²) >= 11 is 1.95. The summed E-state index contributed by atoms with van der Waals surface area (Å²) in [6.07, 6.45) is 6.17. The van der Waals surface area contributed by atoms with Gasteiger partial charge in [0, 0.05) is 27.7 Å². The summed E-state index contributed by atoms with van der Waals surface area (Å²) < 4.78 is 1.38. The van der Waals surface area contributed by atoms with Gasteiger partial charge in [0.2, 0.25) is 0 Å². The number of hydrogen-bond donors (Lipinski definition) is 1. The largest absolute Gasteiger partial charge is 0.386 e. The van der Waals surface area contributed by atoms with E-state index in [1.165, 1.54) is 48.9 Å². The van der Waals surface area contributed by atoms with Gasteiger partial charge < -0.3 is 10.2 Å². The molecule has 1 unspecified atom stereocenters. The lowest BCUT2D eigenvalue weighted by molar-refractivity contribution is -0.136. The molecular formula is C20H23N3OS. The van der Waals surface area contributed by atoms with Crippen molar-refractivity contribution >= 4 is 32.9 Å². The molecule has 5 heteroatoms. The number of nitrogens with zero attached hydrogens (tertiary/aromatic N) is 2. The highest BCUT2D eigenvalue weighted by atomic mass is 32.1. The summed E-state index contributed by atoms with van der Waals surface area (Å²) in [6, 6.07) is 9.06. The van der Waals surface area contributed by atoms with Crippen LogP contribution in [0.4, 0.5) is 5.69 Å². The Hall–Kier alpha value is -1.59. The second-order valence-corrected chi connectivity index (χ2v) is 9.34. The molecule has 1 atom stereocenters. The van der Waals surface area contributed by atoms with Gasteiger partial charge in [-0.25, -0.2) is 0 Å². The third-order valence-electron chi connectivity index (χ3n) is 6.43. The molecule has 4 nitrogen and oxygen atoms in total. The van der Waals surface area contributed by atoms with Gasteiger partial charge in [-0.05, 0) is 68.3 Å². The van der Waals surface area contributed by atoms with Gasteiger partial charge in [-0.2, -0.15) is 0 Å². The fourth-order valence-corrected chi connectivity index (χ4v) is 6.13. The van der Waals surface area contributed by atoms with Crippen LogP contribution < -0.4 is 5.32 Å². The first kappa shape index (κ1) is 14.6. The molecule has 130 valence electrons. The van der Waals surface area contributed by atoms with Crippen LogP contribution in [0.3, 0.4) is 0 Å². The normalized spacial score (nSPS) is 33.7. The van der Waals surface area contributed by atoms with Gasteiger partial charge in [-0.15, -0.1) is 11.3 Å². The number of thiophene rings is 1. The SMILES string of the molecule is c1cc2cc(C3CC3)sc2cc1NC1=NOC2(C1)CN1CCC2CC1. The highest BCUT2D eigenvalue weighted by Gasteiger charge is 2.52. The average molecular weight is 353 g/mol. The molecule has 1 N–H and O–H groups in total. The zero-order valence-corrected chi connectivity index (χ0v) is 15.1. The number of rotatable bonds is 2. The number of oxime groups is 1. The van der Waals surface area contributed by atoms with Crippen molar-refractivity contribution in [3.05, 3.63) is 29.1 Å². The summed E-state index contributed by atoms with van der Waals surface area (Å²) in [4.78, 5) is 10.1. The molecule has 1 saturated carbocycles. The number of amidine groups is 1. The van der Waals surface area contributed by atoms with Crippen molar-refractivity contribution < 1.29 is 4.84 Å². The Labute approximate surface area is 151 Å². The quantitative estimate of drug-likeness (QED) is 0.870. The zero-order valence-electron chi connectivity index (χ0n) is 14.3. The van der Waals surface area contributed by atoms with E-state index >= 15 is 0 Å². The van der Waals surface area contributed by atoms with E-state index in [4.69, 9.17) is 4.84 Å². The number of hydrogen-bond acceptors (Lipinski definition) is 5. The molecule has 4 aliphatic heterocycles. The van der Waals surface area contributed by atoms with E-state index in [9.17, 15) is 0 Å².